The Balaban J connectivity index is 1.99. The average molecular weight is 621 g/mol. The third kappa shape index (κ3) is 8.58. The molecular formula is C36H52N4O5. The number of carbonyl (C=O) groups is 4. The van der Waals surface area contributed by atoms with E-state index in [1.54, 1.807) is 21.2 Å². The van der Waals surface area contributed by atoms with Crippen molar-refractivity contribution in [2.45, 2.75) is 83.6 Å². The van der Waals surface area contributed by atoms with E-state index in [0.717, 1.165) is 11.1 Å². The smallest absolute Gasteiger partial charge is 0.252 e. The first-order valence-electron chi connectivity index (χ1n) is 16.0. The van der Waals surface area contributed by atoms with Gasteiger partial charge in [-0.25, -0.2) is 0 Å². The Morgan fingerprint density at radius 1 is 0.800 bits per heavy atom. The topological polar surface area (TPSA) is 90.5 Å². The molecule has 1 heterocycles. The Morgan fingerprint density at radius 3 is 1.80 bits per heavy atom. The third-order valence-electron chi connectivity index (χ3n) is 8.97. The fraction of sp³-hybridized carbons (Fsp3) is 0.556. The molecule has 1 aliphatic heterocycles. The number of benzene rings is 2. The third-order valence-corrected chi connectivity index (χ3v) is 8.97. The number of aryl methyl sites for hydroxylation is 1. The van der Waals surface area contributed by atoms with Crippen LogP contribution < -0.4 is 0 Å². The highest BCUT2D eigenvalue weighted by Gasteiger charge is 2.47. The molecule has 246 valence electrons. The number of imide groups is 1. The van der Waals surface area contributed by atoms with E-state index < -0.39 is 36.2 Å². The van der Waals surface area contributed by atoms with Gasteiger partial charge in [0.2, 0.25) is 17.7 Å². The number of ether oxygens (including phenoxy) is 1. The molecule has 2 aromatic rings. The first-order chi connectivity index (χ1) is 21.3. The van der Waals surface area contributed by atoms with Crippen LogP contribution in [0, 0.1) is 11.8 Å². The lowest BCUT2D eigenvalue weighted by Gasteiger charge is -2.40. The van der Waals surface area contributed by atoms with Crippen LogP contribution in [0.5, 0.6) is 0 Å². The molecule has 5 atom stereocenters. The van der Waals surface area contributed by atoms with Gasteiger partial charge in [0.15, 0.2) is 0 Å². The van der Waals surface area contributed by atoms with Crippen LogP contribution in [0.1, 0.15) is 51.7 Å². The predicted molar refractivity (Wildman–Crippen MR) is 176 cm³/mol. The summed E-state index contributed by atoms with van der Waals surface area (Å²) >= 11 is 0. The van der Waals surface area contributed by atoms with E-state index >= 15 is 0 Å². The van der Waals surface area contributed by atoms with E-state index in [2.05, 4.69) is 0 Å². The minimum Gasteiger partial charge on any atom is -0.379 e. The molecule has 45 heavy (non-hydrogen) atoms. The van der Waals surface area contributed by atoms with Crippen LogP contribution in [0.15, 0.2) is 60.7 Å². The van der Waals surface area contributed by atoms with E-state index in [9.17, 15) is 19.2 Å². The first kappa shape index (κ1) is 35.9. The second kappa shape index (κ2) is 16.1. The molecule has 9 heteroatoms. The van der Waals surface area contributed by atoms with Crippen molar-refractivity contribution in [1.82, 2.24) is 19.6 Å². The lowest BCUT2D eigenvalue weighted by atomic mass is 9.95. The zero-order valence-corrected chi connectivity index (χ0v) is 28.5. The predicted octanol–water partition coefficient (Wildman–Crippen LogP) is 3.90. The SMILES string of the molecule is COC1CC(=O)N(C(=O)[C@H](CCc2ccccc2)N(C)C(=O)[C@H](C(C)C)N(C)C(=O)[C@H](C(C)C)N(C)C)[C@H]1Cc1ccccc1. The maximum atomic E-state index is 14.5. The van der Waals surface area contributed by atoms with Crippen molar-refractivity contribution in [3.8, 4) is 0 Å². The van der Waals surface area contributed by atoms with Gasteiger partial charge in [-0.3, -0.25) is 29.0 Å². The monoisotopic (exact) mass is 620 g/mol. The number of hydrogen-bond donors (Lipinski definition) is 0. The van der Waals surface area contributed by atoms with Gasteiger partial charge in [0.05, 0.1) is 24.6 Å². The minimum atomic E-state index is -0.921. The molecule has 0 aromatic heterocycles. The Morgan fingerprint density at radius 2 is 1.31 bits per heavy atom. The summed E-state index contributed by atoms with van der Waals surface area (Å²) in [6, 6.07) is 16.9. The molecule has 0 aliphatic carbocycles. The summed E-state index contributed by atoms with van der Waals surface area (Å²) in [6.07, 6.45) is 0.941. The van der Waals surface area contributed by atoms with Crippen LogP contribution in [0.4, 0.5) is 0 Å². The number of methoxy groups -OCH3 is 1. The van der Waals surface area contributed by atoms with Crippen LogP contribution in [-0.2, 0) is 36.8 Å². The van der Waals surface area contributed by atoms with Gasteiger partial charge in [0.1, 0.15) is 12.1 Å². The number of amides is 4. The maximum absolute atomic E-state index is 14.5. The molecule has 1 saturated heterocycles. The van der Waals surface area contributed by atoms with Crippen LogP contribution in [0.2, 0.25) is 0 Å². The van der Waals surface area contributed by atoms with Crippen LogP contribution >= 0.6 is 0 Å². The summed E-state index contributed by atoms with van der Waals surface area (Å²) < 4.78 is 5.71. The van der Waals surface area contributed by atoms with Gasteiger partial charge in [-0.1, -0.05) is 88.4 Å². The van der Waals surface area contributed by atoms with Crippen molar-refractivity contribution in [1.29, 1.82) is 0 Å². The van der Waals surface area contributed by atoms with Gasteiger partial charge < -0.3 is 14.5 Å². The normalized spacial score (nSPS) is 18.8. The lowest BCUT2D eigenvalue weighted by Crippen LogP contribution is -2.60. The highest BCUT2D eigenvalue weighted by Crippen LogP contribution is 2.28. The van der Waals surface area contributed by atoms with Gasteiger partial charge in [0, 0.05) is 21.2 Å². The van der Waals surface area contributed by atoms with Crippen molar-refractivity contribution in [3.05, 3.63) is 71.8 Å². The number of carbonyl (C=O) groups excluding carboxylic acids is 4. The van der Waals surface area contributed by atoms with Crippen LogP contribution in [0.25, 0.3) is 0 Å². The lowest BCUT2D eigenvalue weighted by molar-refractivity contribution is -0.156. The molecule has 1 unspecified atom stereocenters. The first-order valence-corrected chi connectivity index (χ1v) is 16.0. The highest BCUT2D eigenvalue weighted by molar-refractivity contribution is 6.02. The zero-order chi connectivity index (χ0) is 33.4. The molecule has 0 radical (unpaired) electrons. The molecule has 4 amide bonds. The summed E-state index contributed by atoms with van der Waals surface area (Å²) in [7, 11) is 8.57. The molecule has 0 N–H and O–H groups in total. The summed E-state index contributed by atoms with van der Waals surface area (Å²) in [4.78, 5) is 62.3. The van der Waals surface area contributed by atoms with Gasteiger partial charge in [-0.05, 0) is 56.3 Å². The molecule has 1 aliphatic rings. The molecule has 0 spiro atoms. The standard InChI is InChI=1S/C36H52N4O5/c1-24(2)32(37(5)6)35(43)39(8)33(25(3)4)36(44)38(7)28(21-20-26-16-12-10-13-17-26)34(42)40-29(30(45-9)23-31(40)41)22-27-18-14-11-15-19-27/h10-19,24-25,28-30,32-33H,20-23H2,1-9H3/t28-,29-,30?,32-,33-/m0/s1. The minimum absolute atomic E-state index is 0.0345. The Labute approximate surface area is 269 Å². The highest BCUT2D eigenvalue weighted by atomic mass is 16.5. The van der Waals surface area contributed by atoms with Gasteiger partial charge in [0.25, 0.3) is 5.91 Å². The second-order valence-electron chi connectivity index (χ2n) is 13.1. The number of nitrogens with zero attached hydrogens (tertiary/aromatic N) is 4. The van der Waals surface area contributed by atoms with Crippen molar-refractivity contribution in [3.63, 3.8) is 0 Å². The number of likely N-dealkylation sites (N-methyl/N-ethyl adjacent to an activating group) is 3. The van der Waals surface area contributed by atoms with E-state index in [-0.39, 0.29) is 36.0 Å². The van der Waals surface area contributed by atoms with Gasteiger partial charge in [-0.15, -0.1) is 0 Å². The zero-order valence-electron chi connectivity index (χ0n) is 28.5. The summed E-state index contributed by atoms with van der Waals surface area (Å²) in [5.74, 6) is -1.39. The summed E-state index contributed by atoms with van der Waals surface area (Å²) in [5, 5.41) is 0. The van der Waals surface area contributed by atoms with E-state index in [4.69, 9.17) is 4.74 Å². The largest absolute Gasteiger partial charge is 0.379 e. The molecule has 2 aromatic carbocycles. The number of rotatable bonds is 14. The average Bonchev–Trinajstić information content (AvgIpc) is 3.31. The summed E-state index contributed by atoms with van der Waals surface area (Å²) in [5.41, 5.74) is 2.01. The van der Waals surface area contributed by atoms with Crippen molar-refractivity contribution in [2.24, 2.45) is 11.8 Å². The number of likely N-dealkylation sites (tertiary alicyclic amines) is 1. The maximum Gasteiger partial charge on any atom is 0.252 e. The van der Waals surface area contributed by atoms with E-state index in [1.165, 1.54) is 14.7 Å². The van der Waals surface area contributed by atoms with E-state index in [0.29, 0.717) is 19.3 Å². The molecule has 3 rings (SSSR count). The van der Waals surface area contributed by atoms with E-state index in [1.807, 2.05) is 107 Å². The van der Waals surface area contributed by atoms with Crippen molar-refractivity contribution >= 4 is 23.6 Å². The fourth-order valence-electron chi connectivity index (χ4n) is 6.66. The van der Waals surface area contributed by atoms with Crippen molar-refractivity contribution < 1.29 is 23.9 Å². The van der Waals surface area contributed by atoms with Crippen molar-refractivity contribution in [2.75, 3.05) is 35.3 Å². The fourth-order valence-corrected chi connectivity index (χ4v) is 6.66. The summed E-state index contributed by atoms with van der Waals surface area (Å²) in [6.45, 7) is 7.78. The molecule has 9 nitrogen and oxygen atoms in total. The molecule has 0 bridgehead atoms. The van der Waals surface area contributed by atoms with Crippen LogP contribution in [0.3, 0.4) is 0 Å². The van der Waals surface area contributed by atoms with Gasteiger partial charge in [-0.2, -0.15) is 0 Å². The Bertz CT molecular complexity index is 1270. The molecule has 0 saturated carbocycles. The van der Waals surface area contributed by atoms with Gasteiger partial charge >= 0.3 is 0 Å². The Hall–Kier alpha value is -3.56. The molecular weight excluding hydrogens is 568 g/mol. The quantitative estimate of drug-likeness (QED) is 0.318. The number of hydrogen-bond acceptors (Lipinski definition) is 6. The molecule has 1 fully saturated rings. The second-order valence-corrected chi connectivity index (χ2v) is 13.1. The van der Waals surface area contributed by atoms with Crippen LogP contribution in [-0.4, -0.2) is 109 Å². The Kier molecular flexibility index (Phi) is 12.9.